The molecule has 0 fully saturated rings. The van der Waals surface area contributed by atoms with E-state index in [1.54, 1.807) is 23.1 Å². The lowest BCUT2D eigenvalue weighted by Gasteiger charge is -1.91. The van der Waals surface area contributed by atoms with E-state index in [-0.39, 0.29) is 0 Å². The number of hydrogen-bond acceptors (Lipinski definition) is 6. The van der Waals surface area contributed by atoms with Crippen molar-refractivity contribution in [1.82, 2.24) is 10.2 Å². The first-order chi connectivity index (χ1) is 6.34. The van der Waals surface area contributed by atoms with Crippen molar-refractivity contribution in [2.45, 2.75) is 10.1 Å². The molecule has 0 bridgehead atoms. The molecule has 13 heavy (non-hydrogen) atoms. The number of anilines is 1. The van der Waals surface area contributed by atoms with E-state index in [9.17, 15) is 0 Å². The number of rotatable bonds is 3. The van der Waals surface area contributed by atoms with Crippen LogP contribution in [0.1, 0.15) is 4.88 Å². The van der Waals surface area contributed by atoms with Gasteiger partial charge in [0.15, 0.2) is 4.34 Å². The Bertz CT molecular complexity index is 368. The van der Waals surface area contributed by atoms with E-state index in [2.05, 4.69) is 27.7 Å². The van der Waals surface area contributed by atoms with Crippen LogP contribution in [0.25, 0.3) is 0 Å². The zero-order valence-corrected chi connectivity index (χ0v) is 9.09. The van der Waals surface area contributed by atoms with E-state index in [0.717, 1.165) is 10.1 Å². The van der Waals surface area contributed by atoms with Gasteiger partial charge in [0.25, 0.3) is 0 Å². The standard InChI is InChI=1S/C7H7N3S3/c8-6-9-10-7(13-6)12-4-5-2-1-3-11-5/h1-3H,4H2,(H2,8,9). The highest BCUT2D eigenvalue weighted by atomic mass is 32.2. The summed E-state index contributed by atoms with van der Waals surface area (Å²) in [6.45, 7) is 0. The van der Waals surface area contributed by atoms with E-state index >= 15 is 0 Å². The van der Waals surface area contributed by atoms with Gasteiger partial charge in [0, 0.05) is 10.6 Å². The van der Waals surface area contributed by atoms with Gasteiger partial charge < -0.3 is 5.73 Å². The highest BCUT2D eigenvalue weighted by Crippen LogP contribution is 2.28. The van der Waals surface area contributed by atoms with Gasteiger partial charge in [-0.25, -0.2) is 0 Å². The van der Waals surface area contributed by atoms with Gasteiger partial charge in [0.05, 0.1) is 0 Å². The van der Waals surface area contributed by atoms with Crippen LogP contribution in [0.3, 0.4) is 0 Å². The quantitative estimate of drug-likeness (QED) is 0.821. The summed E-state index contributed by atoms with van der Waals surface area (Å²) in [7, 11) is 0. The van der Waals surface area contributed by atoms with Crippen LogP contribution in [-0.2, 0) is 5.75 Å². The topological polar surface area (TPSA) is 51.8 Å². The first kappa shape index (κ1) is 8.98. The average molecular weight is 229 g/mol. The molecule has 6 heteroatoms. The van der Waals surface area contributed by atoms with E-state index in [0.29, 0.717) is 5.13 Å². The molecule has 0 aromatic carbocycles. The maximum Gasteiger partial charge on any atom is 0.203 e. The molecular formula is C7H7N3S3. The molecule has 2 aromatic heterocycles. The number of aromatic nitrogens is 2. The summed E-state index contributed by atoms with van der Waals surface area (Å²) < 4.78 is 0.936. The predicted molar refractivity (Wildman–Crippen MR) is 58.2 cm³/mol. The maximum absolute atomic E-state index is 5.46. The Morgan fingerprint density at radius 1 is 1.46 bits per heavy atom. The third-order valence-electron chi connectivity index (χ3n) is 1.34. The summed E-state index contributed by atoms with van der Waals surface area (Å²) in [5.74, 6) is 0.951. The van der Waals surface area contributed by atoms with Crippen molar-refractivity contribution in [2.24, 2.45) is 0 Å². The number of nitrogens with two attached hydrogens (primary N) is 1. The van der Waals surface area contributed by atoms with Gasteiger partial charge in [-0.2, -0.15) is 0 Å². The molecule has 0 radical (unpaired) electrons. The molecule has 0 amide bonds. The molecule has 0 aliphatic heterocycles. The molecule has 0 aliphatic carbocycles. The van der Waals surface area contributed by atoms with Gasteiger partial charge in [0.1, 0.15) is 0 Å². The number of thiophene rings is 1. The van der Waals surface area contributed by atoms with Crippen LogP contribution in [0, 0.1) is 0 Å². The summed E-state index contributed by atoms with van der Waals surface area (Å²) in [4.78, 5) is 1.35. The molecule has 3 nitrogen and oxygen atoms in total. The molecule has 0 atom stereocenters. The highest BCUT2D eigenvalue weighted by molar-refractivity contribution is 8.00. The number of nitrogens with zero attached hydrogens (tertiary/aromatic N) is 2. The molecule has 0 saturated carbocycles. The number of nitrogen functional groups attached to an aromatic ring is 1. The van der Waals surface area contributed by atoms with Gasteiger partial charge >= 0.3 is 0 Å². The van der Waals surface area contributed by atoms with Crippen molar-refractivity contribution in [3.05, 3.63) is 22.4 Å². The summed E-state index contributed by atoms with van der Waals surface area (Å²) in [6, 6.07) is 4.16. The summed E-state index contributed by atoms with van der Waals surface area (Å²) >= 11 is 4.86. The first-order valence-electron chi connectivity index (χ1n) is 3.59. The highest BCUT2D eigenvalue weighted by Gasteiger charge is 2.02. The molecule has 68 valence electrons. The van der Waals surface area contributed by atoms with Crippen LogP contribution < -0.4 is 5.73 Å². The molecule has 0 aliphatic rings. The summed E-state index contributed by atoms with van der Waals surface area (Å²) in [6.07, 6.45) is 0. The Hall–Kier alpha value is -0.590. The fraction of sp³-hybridized carbons (Fsp3) is 0.143. The molecule has 2 rings (SSSR count). The van der Waals surface area contributed by atoms with Crippen LogP contribution in [0.4, 0.5) is 5.13 Å². The molecule has 0 saturated heterocycles. The Morgan fingerprint density at radius 2 is 2.38 bits per heavy atom. The van der Waals surface area contributed by atoms with E-state index in [1.165, 1.54) is 16.2 Å². The zero-order valence-electron chi connectivity index (χ0n) is 6.64. The van der Waals surface area contributed by atoms with Crippen molar-refractivity contribution in [3.63, 3.8) is 0 Å². The lowest BCUT2D eigenvalue weighted by Crippen LogP contribution is -1.79. The van der Waals surface area contributed by atoms with E-state index in [4.69, 9.17) is 5.73 Å². The second-order valence-electron chi connectivity index (χ2n) is 2.27. The Labute approximate surface area is 88.0 Å². The van der Waals surface area contributed by atoms with Gasteiger partial charge in [-0.3, -0.25) is 0 Å². The van der Waals surface area contributed by atoms with Crippen molar-refractivity contribution < 1.29 is 0 Å². The monoisotopic (exact) mass is 229 g/mol. The normalized spacial score (nSPS) is 10.5. The second-order valence-corrected chi connectivity index (χ2v) is 5.54. The largest absolute Gasteiger partial charge is 0.374 e. The third kappa shape index (κ3) is 2.43. The van der Waals surface area contributed by atoms with Crippen LogP contribution in [0.15, 0.2) is 21.9 Å². The lowest BCUT2D eigenvalue weighted by atomic mass is 10.5. The molecule has 2 heterocycles. The first-order valence-corrected chi connectivity index (χ1v) is 6.27. The van der Waals surface area contributed by atoms with Crippen molar-refractivity contribution >= 4 is 39.6 Å². The zero-order chi connectivity index (χ0) is 9.10. The molecule has 2 aromatic rings. The van der Waals surface area contributed by atoms with Crippen LogP contribution >= 0.6 is 34.4 Å². The summed E-state index contributed by atoms with van der Waals surface area (Å²) in [5, 5.41) is 10.3. The van der Waals surface area contributed by atoms with Crippen molar-refractivity contribution in [1.29, 1.82) is 0 Å². The minimum absolute atomic E-state index is 0.536. The molecular weight excluding hydrogens is 222 g/mol. The van der Waals surface area contributed by atoms with Crippen molar-refractivity contribution in [2.75, 3.05) is 5.73 Å². The molecule has 0 unspecified atom stereocenters. The van der Waals surface area contributed by atoms with E-state index < -0.39 is 0 Å². The van der Waals surface area contributed by atoms with Crippen LogP contribution in [0.2, 0.25) is 0 Å². The maximum atomic E-state index is 5.46. The molecule has 2 N–H and O–H groups in total. The lowest BCUT2D eigenvalue weighted by molar-refractivity contribution is 1.02. The van der Waals surface area contributed by atoms with Crippen LogP contribution in [0.5, 0.6) is 0 Å². The van der Waals surface area contributed by atoms with Gasteiger partial charge in [-0.15, -0.1) is 21.5 Å². The smallest absolute Gasteiger partial charge is 0.203 e. The van der Waals surface area contributed by atoms with Gasteiger partial charge in [-0.1, -0.05) is 29.2 Å². The molecule has 0 spiro atoms. The number of hydrogen-bond donors (Lipinski definition) is 1. The fourth-order valence-electron chi connectivity index (χ4n) is 0.806. The minimum atomic E-state index is 0.536. The minimum Gasteiger partial charge on any atom is -0.374 e. The van der Waals surface area contributed by atoms with Crippen LogP contribution in [-0.4, -0.2) is 10.2 Å². The Balaban J connectivity index is 1.93. The number of thioether (sulfide) groups is 1. The average Bonchev–Trinajstić information content (AvgIpc) is 2.71. The fourth-order valence-corrected chi connectivity index (χ4v) is 3.22. The van der Waals surface area contributed by atoms with E-state index in [1.807, 2.05) is 0 Å². The Morgan fingerprint density at radius 3 is 3.00 bits per heavy atom. The summed E-state index contributed by atoms with van der Waals surface area (Å²) in [5.41, 5.74) is 5.46. The second kappa shape index (κ2) is 4.08. The SMILES string of the molecule is Nc1nnc(SCc2cccs2)s1. The van der Waals surface area contributed by atoms with Gasteiger partial charge in [0.2, 0.25) is 5.13 Å². The third-order valence-corrected chi connectivity index (χ3v) is 4.33. The predicted octanol–water partition coefficient (Wildman–Crippen LogP) is 2.47. The van der Waals surface area contributed by atoms with Gasteiger partial charge in [-0.05, 0) is 11.4 Å². The Kier molecular flexibility index (Phi) is 2.82. The van der Waals surface area contributed by atoms with Crippen molar-refractivity contribution in [3.8, 4) is 0 Å².